The number of carbonyl (C=O) groups excluding carboxylic acids is 1. The normalized spacial score (nSPS) is 14.4. The number of ether oxygens (including phenoxy) is 1. The fourth-order valence-electron chi connectivity index (χ4n) is 1.75. The monoisotopic (exact) mass is 177 g/mol. The molecule has 1 aromatic carbocycles. The largest absolute Gasteiger partial charge is 0.496 e. The summed E-state index contributed by atoms with van der Waals surface area (Å²) in [4.78, 5) is 11.5. The molecule has 0 bridgehead atoms. The van der Waals surface area contributed by atoms with Crippen LogP contribution in [0.2, 0.25) is 0 Å². The first-order chi connectivity index (χ1) is 6.24. The average molecular weight is 177 g/mol. The van der Waals surface area contributed by atoms with Gasteiger partial charge < -0.3 is 10.5 Å². The first-order valence-electron chi connectivity index (χ1n) is 4.22. The molecule has 0 saturated carbocycles. The quantitative estimate of drug-likeness (QED) is 0.660. The summed E-state index contributed by atoms with van der Waals surface area (Å²) in [6.07, 6.45) is 1.30. The summed E-state index contributed by atoms with van der Waals surface area (Å²) in [6.45, 7) is 0. The van der Waals surface area contributed by atoms with Gasteiger partial charge in [0, 0.05) is 12.1 Å². The van der Waals surface area contributed by atoms with Crippen molar-refractivity contribution in [1.29, 1.82) is 0 Å². The van der Waals surface area contributed by atoms with E-state index in [4.69, 9.17) is 10.5 Å². The second kappa shape index (κ2) is 2.76. The van der Waals surface area contributed by atoms with E-state index in [1.54, 1.807) is 19.2 Å². The molecule has 68 valence electrons. The highest BCUT2D eigenvalue weighted by Gasteiger charge is 2.25. The fraction of sp³-hybridized carbons (Fsp3) is 0.300. The average Bonchev–Trinajstić information content (AvgIpc) is 2.51. The number of nitrogens with two attached hydrogens (primary N) is 1. The van der Waals surface area contributed by atoms with Crippen LogP contribution in [0.25, 0.3) is 0 Å². The van der Waals surface area contributed by atoms with Crippen LogP contribution in [0.1, 0.15) is 22.3 Å². The molecule has 2 rings (SSSR count). The topological polar surface area (TPSA) is 52.3 Å². The van der Waals surface area contributed by atoms with E-state index in [0.717, 1.165) is 12.0 Å². The van der Waals surface area contributed by atoms with Gasteiger partial charge in [0.1, 0.15) is 5.75 Å². The second-order valence-corrected chi connectivity index (χ2v) is 3.13. The molecular formula is C10H11NO2. The third kappa shape index (κ3) is 1.08. The minimum Gasteiger partial charge on any atom is -0.496 e. The van der Waals surface area contributed by atoms with Crippen molar-refractivity contribution in [2.75, 3.05) is 12.8 Å². The molecule has 0 radical (unpaired) electrons. The van der Waals surface area contributed by atoms with E-state index >= 15 is 0 Å². The lowest BCUT2D eigenvalue weighted by atomic mass is 10.1. The SMILES string of the molecule is COc1ccc(N)c2c1C(=O)CC2. The van der Waals surface area contributed by atoms with Crippen LogP contribution < -0.4 is 10.5 Å². The molecule has 0 amide bonds. The van der Waals surface area contributed by atoms with Crippen molar-refractivity contribution in [3.8, 4) is 5.75 Å². The molecule has 0 atom stereocenters. The van der Waals surface area contributed by atoms with Gasteiger partial charge in [0.2, 0.25) is 0 Å². The number of fused-ring (bicyclic) bond motifs is 1. The summed E-state index contributed by atoms with van der Waals surface area (Å²) in [6, 6.07) is 3.54. The van der Waals surface area contributed by atoms with Crippen LogP contribution in [0, 0.1) is 0 Å². The highest BCUT2D eigenvalue weighted by atomic mass is 16.5. The smallest absolute Gasteiger partial charge is 0.167 e. The van der Waals surface area contributed by atoms with Crippen molar-refractivity contribution >= 4 is 11.5 Å². The van der Waals surface area contributed by atoms with E-state index in [2.05, 4.69) is 0 Å². The predicted octanol–water partition coefficient (Wildman–Crippen LogP) is 1.41. The predicted molar refractivity (Wildman–Crippen MR) is 50.1 cm³/mol. The summed E-state index contributed by atoms with van der Waals surface area (Å²) in [5.74, 6) is 0.783. The summed E-state index contributed by atoms with van der Waals surface area (Å²) in [7, 11) is 1.57. The molecule has 0 fully saturated rings. The van der Waals surface area contributed by atoms with Crippen molar-refractivity contribution in [3.63, 3.8) is 0 Å². The Balaban J connectivity index is 2.66. The number of anilines is 1. The number of carbonyl (C=O) groups is 1. The van der Waals surface area contributed by atoms with Crippen LogP contribution in [0.5, 0.6) is 5.75 Å². The summed E-state index contributed by atoms with van der Waals surface area (Å²) in [5, 5.41) is 0. The van der Waals surface area contributed by atoms with Crippen molar-refractivity contribution in [2.24, 2.45) is 0 Å². The minimum absolute atomic E-state index is 0.138. The first-order valence-corrected chi connectivity index (χ1v) is 4.22. The standard InChI is InChI=1S/C10H11NO2/c1-13-9-5-3-7(11)6-2-4-8(12)10(6)9/h3,5H,2,4,11H2,1H3. The van der Waals surface area contributed by atoms with Crippen molar-refractivity contribution in [1.82, 2.24) is 0 Å². The molecular weight excluding hydrogens is 166 g/mol. The molecule has 1 aliphatic rings. The number of benzene rings is 1. The Bertz CT molecular complexity index is 371. The molecule has 1 aromatic rings. The van der Waals surface area contributed by atoms with Gasteiger partial charge >= 0.3 is 0 Å². The lowest BCUT2D eigenvalue weighted by Gasteiger charge is -2.07. The van der Waals surface area contributed by atoms with E-state index in [0.29, 0.717) is 23.4 Å². The zero-order valence-corrected chi connectivity index (χ0v) is 7.46. The first kappa shape index (κ1) is 8.10. The Labute approximate surface area is 76.5 Å². The van der Waals surface area contributed by atoms with Crippen LogP contribution in [-0.4, -0.2) is 12.9 Å². The van der Waals surface area contributed by atoms with Gasteiger partial charge in [0.05, 0.1) is 12.7 Å². The van der Waals surface area contributed by atoms with E-state index < -0.39 is 0 Å². The highest BCUT2D eigenvalue weighted by molar-refractivity contribution is 6.04. The Morgan fingerprint density at radius 2 is 2.15 bits per heavy atom. The zero-order chi connectivity index (χ0) is 9.42. The van der Waals surface area contributed by atoms with Gasteiger partial charge in [-0.25, -0.2) is 0 Å². The van der Waals surface area contributed by atoms with Crippen LogP contribution >= 0.6 is 0 Å². The van der Waals surface area contributed by atoms with Crippen LogP contribution in [0.15, 0.2) is 12.1 Å². The van der Waals surface area contributed by atoms with E-state index in [-0.39, 0.29) is 5.78 Å². The molecule has 0 spiro atoms. The molecule has 13 heavy (non-hydrogen) atoms. The summed E-state index contributed by atoms with van der Waals surface area (Å²) < 4.78 is 5.11. The second-order valence-electron chi connectivity index (χ2n) is 3.13. The fourth-order valence-corrected chi connectivity index (χ4v) is 1.75. The van der Waals surface area contributed by atoms with Crippen LogP contribution in [-0.2, 0) is 6.42 Å². The maximum Gasteiger partial charge on any atom is 0.167 e. The van der Waals surface area contributed by atoms with E-state index in [1.165, 1.54) is 0 Å². The lowest BCUT2D eigenvalue weighted by molar-refractivity contribution is 0.0992. The zero-order valence-electron chi connectivity index (χ0n) is 7.46. The number of ketones is 1. The number of rotatable bonds is 1. The Morgan fingerprint density at radius 3 is 2.85 bits per heavy atom. The molecule has 0 unspecified atom stereocenters. The van der Waals surface area contributed by atoms with Crippen LogP contribution in [0.4, 0.5) is 5.69 Å². The maximum atomic E-state index is 11.5. The summed E-state index contributed by atoms with van der Waals surface area (Å²) >= 11 is 0. The van der Waals surface area contributed by atoms with Gasteiger partial charge in [-0.2, -0.15) is 0 Å². The Morgan fingerprint density at radius 1 is 1.38 bits per heavy atom. The van der Waals surface area contributed by atoms with Gasteiger partial charge in [-0.05, 0) is 24.1 Å². The van der Waals surface area contributed by atoms with Crippen molar-refractivity contribution in [2.45, 2.75) is 12.8 Å². The molecule has 1 aliphatic carbocycles. The number of Topliss-reactive ketones (excluding diaryl/α,β-unsaturated/α-hetero) is 1. The van der Waals surface area contributed by atoms with Gasteiger partial charge in [0.15, 0.2) is 5.78 Å². The molecule has 3 nitrogen and oxygen atoms in total. The van der Waals surface area contributed by atoms with Crippen LogP contribution in [0.3, 0.4) is 0 Å². The maximum absolute atomic E-state index is 11.5. The van der Waals surface area contributed by atoms with Gasteiger partial charge in [-0.15, -0.1) is 0 Å². The van der Waals surface area contributed by atoms with E-state index in [1.807, 2.05) is 0 Å². The third-order valence-corrected chi connectivity index (χ3v) is 2.41. The van der Waals surface area contributed by atoms with E-state index in [9.17, 15) is 4.79 Å². The number of hydrogen-bond donors (Lipinski definition) is 1. The highest BCUT2D eigenvalue weighted by Crippen LogP contribution is 2.34. The Kier molecular flexibility index (Phi) is 1.72. The van der Waals surface area contributed by atoms with Gasteiger partial charge in [-0.3, -0.25) is 4.79 Å². The molecule has 0 heterocycles. The number of methoxy groups -OCH3 is 1. The van der Waals surface area contributed by atoms with Crippen molar-refractivity contribution < 1.29 is 9.53 Å². The molecule has 0 saturated heterocycles. The molecule has 3 heteroatoms. The van der Waals surface area contributed by atoms with Crippen molar-refractivity contribution in [3.05, 3.63) is 23.3 Å². The molecule has 0 aliphatic heterocycles. The molecule has 0 aromatic heterocycles. The Hall–Kier alpha value is -1.51. The summed E-state index contributed by atoms with van der Waals surface area (Å²) in [5.41, 5.74) is 8.08. The third-order valence-electron chi connectivity index (χ3n) is 2.41. The number of hydrogen-bond acceptors (Lipinski definition) is 3. The lowest BCUT2D eigenvalue weighted by Crippen LogP contribution is -1.99. The molecule has 2 N–H and O–H groups in total. The van der Waals surface area contributed by atoms with Gasteiger partial charge in [0.25, 0.3) is 0 Å². The number of nitrogen functional groups attached to an aromatic ring is 1. The minimum atomic E-state index is 0.138. The van der Waals surface area contributed by atoms with Gasteiger partial charge in [-0.1, -0.05) is 0 Å².